The van der Waals surface area contributed by atoms with Crippen LogP contribution in [0.5, 0.6) is 11.5 Å². The van der Waals surface area contributed by atoms with E-state index in [2.05, 4.69) is 15.6 Å². The molecule has 1 N–H and O–H groups in total. The Morgan fingerprint density at radius 3 is 2.62 bits per heavy atom. The summed E-state index contributed by atoms with van der Waals surface area (Å²) in [5, 5.41) is 11.3. The van der Waals surface area contributed by atoms with Crippen LogP contribution < -0.4 is 14.8 Å². The van der Waals surface area contributed by atoms with Crippen molar-refractivity contribution in [2.75, 3.05) is 14.2 Å². The number of benzene rings is 2. The van der Waals surface area contributed by atoms with E-state index in [4.69, 9.17) is 21.1 Å². The standard InChI is InChI=1S/C18H17ClN4O3/c1-25-15-8-3-12(17(9-15)26-2)10-20-18(24)16-11-23(22-21-16)14-6-4-13(19)5-7-14/h3-9,11H,10H2,1-2H3,(H,20,24). The summed E-state index contributed by atoms with van der Waals surface area (Å²) >= 11 is 5.87. The zero-order valence-electron chi connectivity index (χ0n) is 14.3. The Morgan fingerprint density at radius 1 is 1.15 bits per heavy atom. The molecule has 7 nitrogen and oxygen atoms in total. The number of hydrogen-bond donors (Lipinski definition) is 1. The highest BCUT2D eigenvalue weighted by Gasteiger charge is 2.13. The Bertz CT molecular complexity index is 909. The van der Waals surface area contributed by atoms with E-state index >= 15 is 0 Å². The fourth-order valence-corrected chi connectivity index (χ4v) is 2.48. The van der Waals surface area contributed by atoms with Gasteiger partial charge in [-0.1, -0.05) is 16.8 Å². The minimum absolute atomic E-state index is 0.215. The highest BCUT2D eigenvalue weighted by atomic mass is 35.5. The molecular weight excluding hydrogens is 356 g/mol. The zero-order chi connectivity index (χ0) is 18.5. The molecule has 0 unspecified atom stereocenters. The van der Waals surface area contributed by atoms with Crippen molar-refractivity contribution in [1.29, 1.82) is 0 Å². The molecule has 0 spiro atoms. The summed E-state index contributed by atoms with van der Waals surface area (Å²) in [6.07, 6.45) is 1.56. The molecule has 2 aromatic carbocycles. The smallest absolute Gasteiger partial charge is 0.273 e. The Morgan fingerprint density at radius 2 is 1.92 bits per heavy atom. The van der Waals surface area contributed by atoms with Gasteiger partial charge < -0.3 is 14.8 Å². The number of nitrogens with one attached hydrogen (secondary N) is 1. The van der Waals surface area contributed by atoms with Gasteiger partial charge in [-0.25, -0.2) is 4.68 Å². The molecule has 0 saturated heterocycles. The van der Waals surface area contributed by atoms with E-state index in [9.17, 15) is 4.79 Å². The summed E-state index contributed by atoms with van der Waals surface area (Å²) < 4.78 is 12.0. The van der Waals surface area contributed by atoms with Gasteiger partial charge in [0.15, 0.2) is 5.69 Å². The summed E-state index contributed by atoms with van der Waals surface area (Å²) in [6, 6.07) is 12.5. The average Bonchev–Trinajstić information content (AvgIpc) is 3.16. The van der Waals surface area contributed by atoms with Crippen LogP contribution in [0.2, 0.25) is 5.02 Å². The normalized spacial score (nSPS) is 10.4. The lowest BCUT2D eigenvalue weighted by atomic mass is 10.2. The number of aromatic nitrogens is 3. The summed E-state index contributed by atoms with van der Waals surface area (Å²) in [5.41, 5.74) is 1.80. The van der Waals surface area contributed by atoms with Crippen LogP contribution >= 0.6 is 11.6 Å². The summed E-state index contributed by atoms with van der Waals surface area (Å²) in [6.45, 7) is 0.291. The number of carbonyl (C=O) groups is 1. The minimum atomic E-state index is -0.330. The van der Waals surface area contributed by atoms with Crippen LogP contribution in [-0.4, -0.2) is 35.1 Å². The van der Waals surface area contributed by atoms with Crippen molar-refractivity contribution < 1.29 is 14.3 Å². The highest BCUT2D eigenvalue weighted by Crippen LogP contribution is 2.24. The molecule has 3 aromatic rings. The second-order valence-corrected chi connectivity index (χ2v) is 5.82. The van der Waals surface area contributed by atoms with E-state index in [1.54, 1.807) is 56.8 Å². The molecule has 0 aliphatic heterocycles. The highest BCUT2D eigenvalue weighted by molar-refractivity contribution is 6.30. The number of methoxy groups -OCH3 is 2. The summed E-state index contributed by atoms with van der Waals surface area (Å²) in [5.74, 6) is 0.986. The summed E-state index contributed by atoms with van der Waals surface area (Å²) in [4.78, 5) is 12.3. The lowest BCUT2D eigenvalue weighted by Crippen LogP contribution is -2.23. The van der Waals surface area contributed by atoms with Crippen LogP contribution in [0.25, 0.3) is 5.69 Å². The summed E-state index contributed by atoms with van der Waals surface area (Å²) in [7, 11) is 3.15. The third-order valence-corrected chi connectivity index (χ3v) is 4.00. The number of ether oxygens (including phenoxy) is 2. The van der Waals surface area contributed by atoms with Gasteiger partial charge in [-0.2, -0.15) is 0 Å². The molecule has 0 radical (unpaired) electrons. The number of nitrogens with zero attached hydrogens (tertiary/aromatic N) is 3. The first-order valence-corrected chi connectivity index (χ1v) is 8.16. The van der Waals surface area contributed by atoms with Crippen LogP contribution in [0.15, 0.2) is 48.7 Å². The maximum Gasteiger partial charge on any atom is 0.273 e. The van der Waals surface area contributed by atoms with Crippen molar-refractivity contribution in [2.24, 2.45) is 0 Å². The number of amides is 1. The van der Waals surface area contributed by atoms with Crippen molar-refractivity contribution in [3.63, 3.8) is 0 Å². The second kappa shape index (κ2) is 7.88. The molecule has 0 fully saturated rings. The molecule has 134 valence electrons. The third kappa shape index (κ3) is 3.94. The fraction of sp³-hybridized carbons (Fsp3) is 0.167. The molecule has 0 bridgehead atoms. The van der Waals surface area contributed by atoms with Crippen LogP contribution in [0.4, 0.5) is 0 Å². The second-order valence-electron chi connectivity index (χ2n) is 5.39. The molecule has 26 heavy (non-hydrogen) atoms. The maximum absolute atomic E-state index is 12.3. The number of carbonyl (C=O) groups excluding carboxylic acids is 1. The van der Waals surface area contributed by atoms with Gasteiger partial charge in [0.1, 0.15) is 11.5 Å². The molecule has 0 aliphatic rings. The van der Waals surface area contributed by atoms with Crippen molar-refractivity contribution in [2.45, 2.75) is 6.54 Å². The van der Waals surface area contributed by atoms with E-state index in [-0.39, 0.29) is 11.6 Å². The van der Waals surface area contributed by atoms with Gasteiger partial charge in [0.2, 0.25) is 0 Å². The predicted molar refractivity (Wildman–Crippen MR) is 97.1 cm³/mol. The molecule has 8 heteroatoms. The Hall–Kier alpha value is -3.06. The topological polar surface area (TPSA) is 78.3 Å². The lowest BCUT2D eigenvalue weighted by Gasteiger charge is -2.10. The van der Waals surface area contributed by atoms with E-state index in [0.717, 1.165) is 11.3 Å². The molecular formula is C18H17ClN4O3. The monoisotopic (exact) mass is 372 g/mol. The van der Waals surface area contributed by atoms with E-state index in [0.29, 0.717) is 23.1 Å². The lowest BCUT2D eigenvalue weighted by molar-refractivity contribution is 0.0945. The predicted octanol–water partition coefficient (Wildman–Crippen LogP) is 2.87. The Balaban J connectivity index is 1.68. The van der Waals surface area contributed by atoms with E-state index in [1.165, 1.54) is 4.68 Å². The van der Waals surface area contributed by atoms with Crippen LogP contribution in [0.3, 0.4) is 0 Å². The van der Waals surface area contributed by atoms with Gasteiger partial charge in [0.05, 0.1) is 26.1 Å². The quantitative estimate of drug-likeness (QED) is 0.719. The maximum atomic E-state index is 12.3. The van der Waals surface area contributed by atoms with Crippen molar-refractivity contribution in [3.05, 3.63) is 64.9 Å². The fourth-order valence-electron chi connectivity index (χ4n) is 2.35. The first-order chi connectivity index (χ1) is 12.6. The molecule has 0 saturated carbocycles. The van der Waals surface area contributed by atoms with Gasteiger partial charge in [0, 0.05) is 23.2 Å². The number of rotatable bonds is 6. The SMILES string of the molecule is COc1ccc(CNC(=O)c2cn(-c3ccc(Cl)cc3)nn2)c(OC)c1. The van der Waals surface area contributed by atoms with E-state index in [1.807, 2.05) is 6.07 Å². The molecule has 0 aliphatic carbocycles. The van der Waals surface area contributed by atoms with Crippen LogP contribution in [0, 0.1) is 0 Å². The molecule has 1 heterocycles. The third-order valence-electron chi connectivity index (χ3n) is 3.75. The minimum Gasteiger partial charge on any atom is -0.497 e. The van der Waals surface area contributed by atoms with Gasteiger partial charge in [-0.3, -0.25) is 4.79 Å². The van der Waals surface area contributed by atoms with Crippen LogP contribution in [-0.2, 0) is 6.54 Å². The molecule has 1 aromatic heterocycles. The van der Waals surface area contributed by atoms with Crippen LogP contribution in [0.1, 0.15) is 16.1 Å². The largest absolute Gasteiger partial charge is 0.497 e. The van der Waals surface area contributed by atoms with Crippen molar-refractivity contribution >= 4 is 17.5 Å². The van der Waals surface area contributed by atoms with Crippen molar-refractivity contribution in [1.82, 2.24) is 20.3 Å². The van der Waals surface area contributed by atoms with Gasteiger partial charge in [-0.05, 0) is 36.4 Å². The number of hydrogen-bond acceptors (Lipinski definition) is 5. The molecule has 1 amide bonds. The Labute approximate surface area is 155 Å². The first-order valence-electron chi connectivity index (χ1n) is 7.78. The zero-order valence-corrected chi connectivity index (χ0v) is 15.0. The number of halogens is 1. The van der Waals surface area contributed by atoms with Gasteiger partial charge in [0.25, 0.3) is 5.91 Å². The first kappa shape index (κ1) is 17.8. The van der Waals surface area contributed by atoms with Crippen molar-refractivity contribution in [3.8, 4) is 17.2 Å². The van der Waals surface area contributed by atoms with Gasteiger partial charge in [-0.15, -0.1) is 5.10 Å². The average molecular weight is 373 g/mol. The molecule has 0 atom stereocenters. The molecule has 3 rings (SSSR count). The van der Waals surface area contributed by atoms with E-state index < -0.39 is 0 Å². The van der Waals surface area contributed by atoms with Gasteiger partial charge >= 0.3 is 0 Å². The Kier molecular flexibility index (Phi) is 5.38.